The van der Waals surface area contributed by atoms with Gasteiger partial charge in [0, 0.05) is 43.4 Å². The highest BCUT2D eigenvalue weighted by molar-refractivity contribution is 7.84. The van der Waals surface area contributed by atoms with Gasteiger partial charge < -0.3 is 28.8 Å². The second kappa shape index (κ2) is 18.0. The van der Waals surface area contributed by atoms with Crippen LogP contribution in [0.4, 0.5) is 5.69 Å². The maximum Gasteiger partial charge on any atom is 0.134 e. The second-order valence-corrected chi connectivity index (χ2v) is 15.4. The van der Waals surface area contributed by atoms with Crippen molar-refractivity contribution in [2.75, 3.05) is 58.5 Å². The van der Waals surface area contributed by atoms with Crippen molar-refractivity contribution in [3.63, 3.8) is 0 Å². The molecule has 1 N–H and O–H groups in total. The number of aromatic amines is 1. The summed E-state index contributed by atoms with van der Waals surface area (Å²) in [6, 6.07) is 21.1. The molecule has 10 heteroatoms. The smallest absolute Gasteiger partial charge is 0.134 e. The van der Waals surface area contributed by atoms with Gasteiger partial charge >= 0.3 is 0 Å². The molecular formula is C42H54N6O3S. The van der Waals surface area contributed by atoms with Crippen LogP contribution >= 0.6 is 0 Å². The lowest BCUT2D eigenvalue weighted by Crippen LogP contribution is -2.33. The Labute approximate surface area is 311 Å². The van der Waals surface area contributed by atoms with Gasteiger partial charge in [-0.2, -0.15) is 0 Å². The summed E-state index contributed by atoms with van der Waals surface area (Å²) in [7, 11) is 3.05. The molecule has 52 heavy (non-hydrogen) atoms. The summed E-state index contributed by atoms with van der Waals surface area (Å²) >= 11 is 0. The number of fused-ring (bicyclic) bond motifs is 2. The zero-order chi connectivity index (χ0) is 36.5. The molecule has 1 aliphatic rings. The van der Waals surface area contributed by atoms with Crippen LogP contribution in [-0.2, 0) is 27.8 Å². The van der Waals surface area contributed by atoms with Crippen LogP contribution in [-0.4, -0.2) is 82.2 Å². The zero-order valence-corrected chi connectivity index (χ0v) is 32.3. The summed E-state index contributed by atoms with van der Waals surface area (Å²) in [5, 5.41) is 0. The molecule has 0 spiro atoms. The van der Waals surface area contributed by atoms with Crippen molar-refractivity contribution in [1.29, 1.82) is 0 Å². The SMILES string of the molecule is CCCCOCCOc1ccc(-c2ccc3c(c2)/C=C(/c2nc4ccc(S(=O)Cc5c(C)ncn5CCC)cc4[nH]2)CCCN3CCN(C)C)cc1. The van der Waals surface area contributed by atoms with Gasteiger partial charge in [0.15, 0.2) is 0 Å². The molecule has 1 unspecified atom stereocenters. The summed E-state index contributed by atoms with van der Waals surface area (Å²) in [5.41, 5.74) is 9.64. The Morgan fingerprint density at radius 3 is 2.56 bits per heavy atom. The lowest BCUT2D eigenvalue weighted by molar-refractivity contribution is 0.0981. The second-order valence-electron chi connectivity index (χ2n) is 13.9. The molecule has 3 aromatic carbocycles. The lowest BCUT2D eigenvalue weighted by Gasteiger charge is -2.30. The van der Waals surface area contributed by atoms with E-state index in [9.17, 15) is 4.21 Å². The molecule has 0 radical (unpaired) electrons. The maximum atomic E-state index is 13.6. The summed E-state index contributed by atoms with van der Waals surface area (Å²) in [5.74, 6) is 2.16. The van der Waals surface area contributed by atoms with Gasteiger partial charge in [-0.3, -0.25) is 4.21 Å². The number of aryl methyl sites for hydroxylation is 2. The van der Waals surface area contributed by atoms with Crippen molar-refractivity contribution in [3.05, 3.63) is 89.8 Å². The first-order valence-corrected chi connectivity index (χ1v) is 20.1. The Balaban J connectivity index is 1.26. The molecular weight excluding hydrogens is 669 g/mol. The first-order chi connectivity index (χ1) is 25.3. The van der Waals surface area contributed by atoms with Gasteiger partial charge in [0.25, 0.3) is 0 Å². The highest BCUT2D eigenvalue weighted by Crippen LogP contribution is 2.35. The van der Waals surface area contributed by atoms with Crippen molar-refractivity contribution in [3.8, 4) is 16.9 Å². The van der Waals surface area contributed by atoms with Crippen LogP contribution in [0.3, 0.4) is 0 Å². The summed E-state index contributed by atoms with van der Waals surface area (Å²) in [6.45, 7) is 12.0. The van der Waals surface area contributed by atoms with E-state index in [1.807, 2.05) is 43.6 Å². The number of anilines is 1. The number of unbranched alkanes of at least 4 members (excludes halogenated alkanes) is 1. The number of benzene rings is 3. The molecule has 0 fully saturated rings. The molecule has 0 saturated heterocycles. The van der Waals surface area contributed by atoms with Gasteiger partial charge in [-0.05, 0) is 118 Å². The monoisotopic (exact) mass is 722 g/mol. The van der Waals surface area contributed by atoms with Crippen LogP contribution in [0.2, 0.25) is 0 Å². The van der Waals surface area contributed by atoms with Crippen LogP contribution in [0.15, 0.2) is 71.9 Å². The normalized spacial score (nSPS) is 15.0. The van der Waals surface area contributed by atoms with E-state index in [2.05, 4.69) is 88.7 Å². The maximum absolute atomic E-state index is 13.6. The van der Waals surface area contributed by atoms with Crippen LogP contribution in [0, 0.1) is 6.92 Å². The van der Waals surface area contributed by atoms with E-state index in [0.717, 1.165) is 115 Å². The highest BCUT2D eigenvalue weighted by Gasteiger charge is 2.19. The number of likely N-dealkylation sites (N-methyl/N-ethyl adjacent to an activating group) is 1. The number of H-pyrrole nitrogens is 1. The minimum absolute atomic E-state index is 0.441. The standard InChI is InChI=1S/C42H54N6O3S/c1-6-8-23-50-24-25-51-36-14-11-32(12-15-36)33-13-18-40-35(26-33)27-34(10-9-20-47(40)22-21-46(4)5)42-44-38-17-16-37(28-39(38)45-42)52(49)29-41-31(3)43-30-48(41)19-7-2/h11-18,26-28,30H,6-10,19-25,29H2,1-5H3,(H,44,45)/b34-27+. The van der Waals surface area contributed by atoms with Crippen molar-refractivity contribution in [1.82, 2.24) is 24.4 Å². The number of hydrogen-bond donors (Lipinski definition) is 1. The van der Waals surface area contributed by atoms with Gasteiger partial charge in [-0.15, -0.1) is 0 Å². The number of nitrogens with zero attached hydrogens (tertiary/aromatic N) is 5. The third-order valence-electron chi connectivity index (χ3n) is 9.62. The van der Waals surface area contributed by atoms with E-state index in [4.69, 9.17) is 14.5 Å². The summed E-state index contributed by atoms with van der Waals surface area (Å²) in [6.07, 6.45) is 9.31. The van der Waals surface area contributed by atoms with E-state index in [1.165, 1.54) is 16.8 Å². The van der Waals surface area contributed by atoms with Gasteiger partial charge in [-0.1, -0.05) is 38.5 Å². The zero-order valence-electron chi connectivity index (χ0n) is 31.5. The summed E-state index contributed by atoms with van der Waals surface area (Å²) in [4.78, 5) is 18.7. The fraction of sp³-hybridized carbons (Fsp3) is 0.429. The Morgan fingerprint density at radius 2 is 1.77 bits per heavy atom. The first-order valence-electron chi connectivity index (χ1n) is 18.8. The fourth-order valence-corrected chi connectivity index (χ4v) is 7.91. The molecule has 0 bridgehead atoms. The number of nitrogens with one attached hydrogen (secondary N) is 1. The van der Waals surface area contributed by atoms with Crippen molar-refractivity contribution >= 4 is 39.2 Å². The molecule has 1 atom stereocenters. The van der Waals surface area contributed by atoms with E-state index < -0.39 is 10.8 Å². The topological polar surface area (TPSA) is 88.5 Å². The molecule has 0 saturated carbocycles. The molecule has 6 rings (SSSR count). The van der Waals surface area contributed by atoms with E-state index in [0.29, 0.717) is 19.0 Å². The Kier molecular flexibility index (Phi) is 13.0. The largest absolute Gasteiger partial charge is 0.491 e. The van der Waals surface area contributed by atoms with E-state index in [1.54, 1.807) is 0 Å². The minimum atomic E-state index is -1.20. The molecule has 0 amide bonds. The number of allylic oxidation sites excluding steroid dienone is 1. The van der Waals surface area contributed by atoms with Crippen molar-refractivity contribution < 1.29 is 13.7 Å². The molecule has 0 aliphatic carbocycles. The lowest BCUT2D eigenvalue weighted by atomic mass is 9.96. The Bertz CT molecular complexity index is 1980. The van der Waals surface area contributed by atoms with Crippen LogP contribution in [0.5, 0.6) is 5.75 Å². The molecule has 1 aliphatic heterocycles. The average molecular weight is 723 g/mol. The number of aromatic nitrogens is 4. The van der Waals surface area contributed by atoms with Crippen LogP contribution in [0.1, 0.15) is 68.7 Å². The predicted molar refractivity (Wildman–Crippen MR) is 214 cm³/mol. The van der Waals surface area contributed by atoms with Gasteiger partial charge in [0.05, 0.1) is 51.9 Å². The fourth-order valence-electron chi connectivity index (χ4n) is 6.65. The van der Waals surface area contributed by atoms with Gasteiger partial charge in [-0.25, -0.2) is 9.97 Å². The van der Waals surface area contributed by atoms with Gasteiger partial charge in [0.1, 0.15) is 18.2 Å². The summed E-state index contributed by atoms with van der Waals surface area (Å²) < 4.78 is 27.3. The molecule has 2 aromatic heterocycles. The molecule has 5 aromatic rings. The molecule has 9 nitrogen and oxygen atoms in total. The predicted octanol–water partition coefficient (Wildman–Crippen LogP) is 8.35. The Hall–Kier alpha value is -4.25. The molecule has 276 valence electrons. The molecule has 3 heterocycles. The third kappa shape index (κ3) is 9.40. The number of ether oxygens (including phenoxy) is 2. The van der Waals surface area contributed by atoms with Crippen molar-refractivity contribution in [2.45, 2.75) is 70.1 Å². The minimum Gasteiger partial charge on any atom is -0.491 e. The quantitative estimate of drug-likeness (QED) is 0.0966. The highest BCUT2D eigenvalue weighted by atomic mass is 32.2. The number of rotatable bonds is 17. The van der Waals surface area contributed by atoms with Crippen LogP contribution < -0.4 is 9.64 Å². The van der Waals surface area contributed by atoms with Crippen molar-refractivity contribution in [2.24, 2.45) is 0 Å². The van der Waals surface area contributed by atoms with Crippen LogP contribution in [0.25, 0.3) is 33.8 Å². The number of hydrogen-bond acceptors (Lipinski definition) is 7. The third-order valence-corrected chi connectivity index (χ3v) is 10.9. The van der Waals surface area contributed by atoms with E-state index >= 15 is 0 Å². The first kappa shape index (κ1) is 37.5. The average Bonchev–Trinajstić information content (AvgIpc) is 3.72. The Morgan fingerprint density at radius 1 is 0.942 bits per heavy atom. The van der Waals surface area contributed by atoms with Gasteiger partial charge in [0.2, 0.25) is 0 Å². The van der Waals surface area contributed by atoms with E-state index in [-0.39, 0.29) is 0 Å². The number of imidazole rings is 2.